The van der Waals surface area contributed by atoms with Crippen molar-refractivity contribution in [3.05, 3.63) is 24.0 Å². The molecule has 0 radical (unpaired) electrons. The number of pyridine rings is 1. The molecule has 1 aromatic heterocycles. The topological polar surface area (TPSA) is 68.0 Å². The van der Waals surface area contributed by atoms with Crippen LogP contribution in [0.15, 0.2) is 18.3 Å². The van der Waals surface area contributed by atoms with Crippen LogP contribution in [0, 0.1) is 5.41 Å². The van der Waals surface area contributed by atoms with Crippen LogP contribution in [0.5, 0.6) is 0 Å². The van der Waals surface area contributed by atoms with Crippen LogP contribution < -0.4 is 11.1 Å². The van der Waals surface area contributed by atoms with Gasteiger partial charge >= 0.3 is 0 Å². The van der Waals surface area contributed by atoms with E-state index in [1.807, 2.05) is 0 Å². The molecule has 1 aliphatic carbocycles. The Hall–Kier alpha value is -1.58. The molecule has 104 valence electrons. The second-order valence-electron chi connectivity index (χ2n) is 6.28. The molecule has 1 amide bonds. The van der Waals surface area contributed by atoms with E-state index in [0.717, 1.165) is 18.5 Å². The number of anilines is 1. The molecule has 1 heterocycles. The lowest BCUT2D eigenvalue weighted by molar-refractivity contribution is -0.121. The summed E-state index contributed by atoms with van der Waals surface area (Å²) in [6.45, 7) is 4.54. The van der Waals surface area contributed by atoms with Gasteiger partial charge in [0.05, 0.1) is 18.3 Å². The highest BCUT2D eigenvalue weighted by atomic mass is 16.1. The lowest BCUT2D eigenvalue weighted by Crippen LogP contribution is -2.41. The van der Waals surface area contributed by atoms with Gasteiger partial charge in [0, 0.05) is 11.7 Å². The maximum Gasteiger partial charge on any atom is 0.226 e. The van der Waals surface area contributed by atoms with Crippen LogP contribution in [-0.4, -0.2) is 16.9 Å². The molecule has 19 heavy (non-hydrogen) atoms. The first-order valence-corrected chi connectivity index (χ1v) is 6.94. The van der Waals surface area contributed by atoms with E-state index in [1.54, 1.807) is 18.3 Å². The average Bonchev–Trinajstić information content (AvgIpc) is 2.30. The molecular formula is C15H23N3O. The quantitative estimate of drug-likeness (QED) is 0.877. The van der Waals surface area contributed by atoms with Gasteiger partial charge in [0.1, 0.15) is 0 Å². The minimum atomic E-state index is 0.0555. The number of nitrogens with two attached hydrogens (primary N) is 1. The molecule has 1 aliphatic rings. The van der Waals surface area contributed by atoms with Gasteiger partial charge in [0.25, 0.3) is 0 Å². The predicted molar refractivity (Wildman–Crippen MR) is 76.5 cm³/mol. The van der Waals surface area contributed by atoms with E-state index in [0.29, 0.717) is 23.6 Å². The largest absolute Gasteiger partial charge is 0.397 e. The Morgan fingerprint density at radius 3 is 2.95 bits per heavy atom. The van der Waals surface area contributed by atoms with Crippen molar-refractivity contribution in [2.45, 2.75) is 52.0 Å². The molecule has 0 spiro atoms. The highest BCUT2D eigenvalue weighted by Gasteiger charge is 2.28. The number of nitrogens with zero attached hydrogens (tertiary/aromatic N) is 1. The highest BCUT2D eigenvalue weighted by Crippen LogP contribution is 2.35. The molecule has 1 aromatic rings. The van der Waals surface area contributed by atoms with Crippen molar-refractivity contribution >= 4 is 11.6 Å². The van der Waals surface area contributed by atoms with Crippen molar-refractivity contribution in [3.63, 3.8) is 0 Å². The zero-order valence-corrected chi connectivity index (χ0v) is 11.8. The Morgan fingerprint density at radius 2 is 2.32 bits per heavy atom. The van der Waals surface area contributed by atoms with Crippen LogP contribution in [0.3, 0.4) is 0 Å². The number of carbonyl (C=O) groups is 1. The maximum atomic E-state index is 12.0. The van der Waals surface area contributed by atoms with Gasteiger partial charge < -0.3 is 11.1 Å². The number of rotatable bonds is 3. The van der Waals surface area contributed by atoms with Crippen molar-refractivity contribution in [3.8, 4) is 0 Å². The summed E-state index contributed by atoms with van der Waals surface area (Å²) in [7, 11) is 0. The van der Waals surface area contributed by atoms with Crippen molar-refractivity contribution in [2.24, 2.45) is 5.41 Å². The van der Waals surface area contributed by atoms with Gasteiger partial charge in [0.15, 0.2) is 0 Å². The first-order chi connectivity index (χ1) is 8.94. The van der Waals surface area contributed by atoms with Crippen LogP contribution in [0.1, 0.15) is 45.2 Å². The molecule has 3 N–H and O–H groups in total. The summed E-state index contributed by atoms with van der Waals surface area (Å²) >= 11 is 0. The average molecular weight is 261 g/mol. The fourth-order valence-corrected chi connectivity index (χ4v) is 2.81. The van der Waals surface area contributed by atoms with E-state index in [9.17, 15) is 4.79 Å². The lowest BCUT2D eigenvalue weighted by atomic mass is 9.75. The first-order valence-electron chi connectivity index (χ1n) is 6.94. The van der Waals surface area contributed by atoms with Gasteiger partial charge in [-0.2, -0.15) is 0 Å². The van der Waals surface area contributed by atoms with E-state index < -0.39 is 0 Å². The van der Waals surface area contributed by atoms with Gasteiger partial charge in [0.2, 0.25) is 5.91 Å². The molecular weight excluding hydrogens is 238 g/mol. The Balaban J connectivity index is 1.85. The fraction of sp³-hybridized carbons (Fsp3) is 0.600. The number of nitrogen functional groups attached to an aromatic ring is 1. The summed E-state index contributed by atoms with van der Waals surface area (Å²) in [5, 5.41) is 3.13. The number of nitrogens with one attached hydrogen (secondary N) is 1. The second-order valence-corrected chi connectivity index (χ2v) is 6.28. The van der Waals surface area contributed by atoms with Crippen molar-refractivity contribution in [2.75, 3.05) is 5.73 Å². The third kappa shape index (κ3) is 4.23. The first kappa shape index (κ1) is 13.8. The summed E-state index contributed by atoms with van der Waals surface area (Å²) in [4.78, 5) is 16.1. The van der Waals surface area contributed by atoms with Crippen LogP contribution in [0.4, 0.5) is 5.69 Å². The highest BCUT2D eigenvalue weighted by molar-refractivity contribution is 5.78. The molecule has 2 rings (SSSR count). The molecule has 0 bridgehead atoms. The fourth-order valence-electron chi connectivity index (χ4n) is 2.81. The van der Waals surface area contributed by atoms with Gasteiger partial charge in [-0.1, -0.05) is 20.3 Å². The molecule has 1 atom stereocenters. The summed E-state index contributed by atoms with van der Waals surface area (Å²) in [6, 6.07) is 3.89. The minimum absolute atomic E-state index is 0.0555. The number of hydrogen-bond donors (Lipinski definition) is 2. The lowest BCUT2D eigenvalue weighted by Gasteiger charge is -2.35. The van der Waals surface area contributed by atoms with E-state index >= 15 is 0 Å². The molecule has 4 heteroatoms. The van der Waals surface area contributed by atoms with Crippen molar-refractivity contribution in [1.82, 2.24) is 10.3 Å². The zero-order valence-electron chi connectivity index (χ0n) is 11.8. The number of carbonyl (C=O) groups excluding carboxylic acids is 1. The Morgan fingerprint density at radius 1 is 1.53 bits per heavy atom. The van der Waals surface area contributed by atoms with E-state index in [4.69, 9.17) is 5.73 Å². The van der Waals surface area contributed by atoms with Gasteiger partial charge in [-0.15, -0.1) is 0 Å². The van der Waals surface area contributed by atoms with Crippen LogP contribution in [-0.2, 0) is 11.2 Å². The monoisotopic (exact) mass is 261 g/mol. The summed E-state index contributed by atoms with van der Waals surface area (Å²) in [5.41, 5.74) is 7.31. The standard InChI is InChI=1S/C15H23N3O/c1-15(2)7-3-4-13(9-15)18-14(19)8-12-6-5-11(16)10-17-12/h5-6,10,13H,3-4,7-9,16H2,1-2H3,(H,18,19). The van der Waals surface area contributed by atoms with Crippen molar-refractivity contribution < 1.29 is 4.79 Å². The molecule has 0 saturated heterocycles. The summed E-state index contributed by atoms with van der Waals surface area (Å²) in [6.07, 6.45) is 6.51. The zero-order chi connectivity index (χ0) is 13.9. The van der Waals surface area contributed by atoms with E-state index in [-0.39, 0.29) is 5.91 Å². The predicted octanol–water partition coefficient (Wildman–Crippen LogP) is 2.29. The molecule has 0 aromatic carbocycles. The molecule has 0 aliphatic heterocycles. The number of hydrogen-bond acceptors (Lipinski definition) is 3. The van der Waals surface area contributed by atoms with Crippen LogP contribution >= 0.6 is 0 Å². The minimum Gasteiger partial charge on any atom is -0.397 e. The number of amides is 1. The molecule has 1 fully saturated rings. The third-order valence-electron chi connectivity index (χ3n) is 3.76. The third-order valence-corrected chi connectivity index (χ3v) is 3.76. The number of aromatic nitrogens is 1. The van der Waals surface area contributed by atoms with Crippen molar-refractivity contribution in [1.29, 1.82) is 0 Å². The van der Waals surface area contributed by atoms with E-state index in [2.05, 4.69) is 24.1 Å². The summed E-state index contributed by atoms with van der Waals surface area (Å²) in [5.74, 6) is 0.0555. The van der Waals surface area contributed by atoms with Gasteiger partial charge in [-0.3, -0.25) is 9.78 Å². The summed E-state index contributed by atoms with van der Waals surface area (Å²) < 4.78 is 0. The van der Waals surface area contributed by atoms with Gasteiger partial charge in [-0.05, 0) is 36.8 Å². The SMILES string of the molecule is CC1(C)CCCC(NC(=O)Cc2ccc(N)cn2)C1. The maximum absolute atomic E-state index is 12.0. The Labute approximate surface area is 114 Å². The molecule has 4 nitrogen and oxygen atoms in total. The Bertz CT molecular complexity index is 439. The normalized spacial score (nSPS) is 21.9. The van der Waals surface area contributed by atoms with Crippen LogP contribution in [0.2, 0.25) is 0 Å². The van der Waals surface area contributed by atoms with Crippen LogP contribution in [0.25, 0.3) is 0 Å². The van der Waals surface area contributed by atoms with Gasteiger partial charge in [-0.25, -0.2) is 0 Å². The Kier molecular flexibility index (Phi) is 4.08. The smallest absolute Gasteiger partial charge is 0.226 e. The molecule has 1 unspecified atom stereocenters. The second kappa shape index (κ2) is 5.59. The molecule has 1 saturated carbocycles. The van der Waals surface area contributed by atoms with E-state index in [1.165, 1.54) is 12.8 Å².